The maximum atomic E-state index is 11.8. The summed E-state index contributed by atoms with van der Waals surface area (Å²) in [6.45, 7) is 0. The number of hydrogen-bond donors (Lipinski definition) is 4. The molecule has 4 N–H and O–H groups in total. The quantitative estimate of drug-likeness (QED) is 0.629. The lowest BCUT2D eigenvalue weighted by Gasteiger charge is -2.06. The average molecular weight is 281 g/mol. The van der Waals surface area contributed by atoms with E-state index in [9.17, 15) is 19.8 Å². The molecule has 0 saturated heterocycles. The zero-order valence-electron chi connectivity index (χ0n) is 9.48. The van der Waals surface area contributed by atoms with Gasteiger partial charge in [-0.05, 0) is 18.2 Å². The number of hydrogen-bond acceptors (Lipinski definition) is 4. The van der Waals surface area contributed by atoms with E-state index in [2.05, 4.69) is 10.3 Å². The Morgan fingerprint density at radius 2 is 1.95 bits per heavy atom. The summed E-state index contributed by atoms with van der Waals surface area (Å²) >= 11 is 5.70. The molecule has 0 radical (unpaired) electrons. The molecule has 19 heavy (non-hydrogen) atoms. The van der Waals surface area contributed by atoms with Crippen LogP contribution >= 0.6 is 11.6 Å². The van der Waals surface area contributed by atoms with E-state index in [0.717, 1.165) is 12.1 Å². The molecule has 1 amide bonds. The van der Waals surface area contributed by atoms with Crippen LogP contribution in [0, 0.1) is 0 Å². The van der Waals surface area contributed by atoms with E-state index in [1.807, 2.05) is 0 Å². The van der Waals surface area contributed by atoms with Crippen LogP contribution in [0.1, 0.15) is 10.4 Å². The van der Waals surface area contributed by atoms with Gasteiger partial charge in [0.1, 0.15) is 5.75 Å². The van der Waals surface area contributed by atoms with Crippen LogP contribution in [-0.4, -0.2) is 21.1 Å². The molecule has 2 rings (SSSR count). The number of aromatic hydroxyl groups is 2. The summed E-state index contributed by atoms with van der Waals surface area (Å²) in [4.78, 5) is 25.1. The normalized spacial score (nSPS) is 10.2. The number of nitrogens with one attached hydrogen (secondary N) is 2. The standard InChI is InChI=1S/C12H9ClN2O4/c13-8-5-7(1-2-9(8)16)14-12(19)6-3-10(17)15-11(18)4-6/h1-5,16H,(H,14,19)(H2,15,17,18). The number of pyridine rings is 1. The minimum atomic E-state index is -0.589. The maximum Gasteiger partial charge on any atom is 0.256 e. The van der Waals surface area contributed by atoms with Gasteiger partial charge in [-0.1, -0.05) is 11.6 Å². The van der Waals surface area contributed by atoms with Crippen LogP contribution in [0.3, 0.4) is 0 Å². The van der Waals surface area contributed by atoms with Crippen molar-refractivity contribution in [3.8, 4) is 11.6 Å². The Kier molecular flexibility index (Phi) is 3.43. The lowest BCUT2D eigenvalue weighted by Crippen LogP contribution is -2.15. The minimum Gasteiger partial charge on any atom is -0.506 e. The highest BCUT2D eigenvalue weighted by Gasteiger charge is 2.09. The fraction of sp³-hybridized carbons (Fsp3) is 0. The highest BCUT2D eigenvalue weighted by Crippen LogP contribution is 2.26. The lowest BCUT2D eigenvalue weighted by atomic mass is 10.2. The summed E-state index contributed by atoms with van der Waals surface area (Å²) < 4.78 is 0. The van der Waals surface area contributed by atoms with Crippen LogP contribution in [0.2, 0.25) is 5.02 Å². The third kappa shape index (κ3) is 3.05. The number of carbonyl (C=O) groups excluding carboxylic acids is 1. The van der Waals surface area contributed by atoms with Crippen molar-refractivity contribution in [2.24, 2.45) is 0 Å². The number of rotatable bonds is 2. The van der Waals surface area contributed by atoms with Gasteiger partial charge in [0.25, 0.3) is 11.5 Å². The number of phenols is 1. The van der Waals surface area contributed by atoms with E-state index in [0.29, 0.717) is 5.69 Å². The number of phenolic OH excluding ortho intramolecular Hbond substituents is 1. The summed E-state index contributed by atoms with van der Waals surface area (Å²) in [6.07, 6.45) is 0. The molecule has 0 aliphatic rings. The molecule has 1 aromatic heterocycles. The SMILES string of the molecule is O=C(Nc1ccc(O)c(Cl)c1)c1cc(O)[nH]c(=O)c1. The first kappa shape index (κ1) is 13.0. The average Bonchev–Trinajstić information content (AvgIpc) is 2.32. The van der Waals surface area contributed by atoms with Gasteiger partial charge in [-0.3, -0.25) is 14.6 Å². The second-order valence-electron chi connectivity index (χ2n) is 3.74. The third-order valence-electron chi connectivity index (χ3n) is 2.30. The topological polar surface area (TPSA) is 102 Å². The molecule has 0 spiro atoms. The molecule has 0 aliphatic carbocycles. The van der Waals surface area contributed by atoms with E-state index >= 15 is 0 Å². The van der Waals surface area contributed by atoms with Crippen LogP contribution in [0.25, 0.3) is 0 Å². The summed E-state index contributed by atoms with van der Waals surface area (Å²) in [5.74, 6) is -1.09. The van der Waals surface area contributed by atoms with Crippen molar-refractivity contribution >= 4 is 23.2 Å². The van der Waals surface area contributed by atoms with Crippen molar-refractivity contribution in [1.29, 1.82) is 0 Å². The van der Waals surface area contributed by atoms with E-state index in [1.54, 1.807) is 0 Å². The number of aromatic amines is 1. The minimum absolute atomic E-state index is 0.00504. The van der Waals surface area contributed by atoms with E-state index in [4.69, 9.17) is 11.6 Å². The Hall–Kier alpha value is -2.47. The van der Waals surface area contributed by atoms with Crippen LogP contribution in [0.5, 0.6) is 11.6 Å². The summed E-state index contributed by atoms with van der Waals surface area (Å²) in [6, 6.07) is 6.32. The Bertz CT molecular complexity index is 696. The van der Waals surface area contributed by atoms with Crippen molar-refractivity contribution in [1.82, 2.24) is 4.98 Å². The van der Waals surface area contributed by atoms with Gasteiger partial charge in [-0.25, -0.2) is 0 Å². The largest absolute Gasteiger partial charge is 0.506 e. The monoisotopic (exact) mass is 280 g/mol. The smallest absolute Gasteiger partial charge is 0.256 e. The van der Waals surface area contributed by atoms with E-state index in [1.165, 1.54) is 18.2 Å². The van der Waals surface area contributed by atoms with Gasteiger partial charge in [0.2, 0.25) is 0 Å². The van der Waals surface area contributed by atoms with Crippen LogP contribution < -0.4 is 10.9 Å². The molecular weight excluding hydrogens is 272 g/mol. The molecule has 0 bridgehead atoms. The number of H-pyrrole nitrogens is 1. The van der Waals surface area contributed by atoms with Crippen LogP contribution in [0.4, 0.5) is 5.69 Å². The first-order chi connectivity index (χ1) is 8.95. The Morgan fingerprint density at radius 3 is 2.58 bits per heavy atom. The Labute approximate surface area is 112 Å². The van der Waals surface area contributed by atoms with E-state index in [-0.39, 0.29) is 16.3 Å². The number of carbonyl (C=O) groups is 1. The van der Waals surface area contributed by atoms with Gasteiger partial charge in [-0.15, -0.1) is 0 Å². The summed E-state index contributed by atoms with van der Waals surface area (Å²) in [7, 11) is 0. The highest BCUT2D eigenvalue weighted by molar-refractivity contribution is 6.32. The van der Waals surface area contributed by atoms with Gasteiger partial charge in [0.15, 0.2) is 5.88 Å². The van der Waals surface area contributed by atoms with Crippen molar-refractivity contribution in [2.75, 3.05) is 5.32 Å². The number of aromatic nitrogens is 1. The van der Waals surface area contributed by atoms with E-state index < -0.39 is 17.3 Å². The zero-order chi connectivity index (χ0) is 14.0. The fourth-order valence-electron chi connectivity index (χ4n) is 1.45. The van der Waals surface area contributed by atoms with Gasteiger partial charge in [0, 0.05) is 17.8 Å². The van der Waals surface area contributed by atoms with Gasteiger partial charge in [-0.2, -0.15) is 0 Å². The number of halogens is 1. The summed E-state index contributed by atoms with van der Waals surface area (Å²) in [5.41, 5.74) is -0.230. The molecule has 0 fully saturated rings. The van der Waals surface area contributed by atoms with Gasteiger partial charge < -0.3 is 15.5 Å². The van der Waals surface area contributed by atoms with Crippen LogP contribution in [0.15, 0.2) is 35.1 Å². The number of benzene rings is 1. The molecular formula is C12H9ClN2O4. The van der Waals surface area contributed by atoms with Gasteiger partial charge >= 0.3 is 0 Å². The third-order valence-corrected chi connectivity index (χ3v) is 2.60. The van der Waals surface area contributed by atoms with Crippen molar-refractivity contribution < 1.29 is 15.0 Å². The molecule has 1 heterocycles. The summed E-state index contributed by atoms with van der Waals surface area (Å²) in [5, 5.41) is 21.0. The molecule has 0 aliphatic heterocycles. The first-order valence-corrected chi connectivity index (χ1v) is 5.57. The van der Waals surface area contributed by atoms with Crippen molar-refractivity contribution in [2.45, 2.75) is 0 Å². The molecule has 0 atom stereocenters. The highest BCUT2D eigenvalue weighted by atomic mass is 35.5. The lowest BCUT2D eigenvalue weighted by molar-refractivity contribution is 0.102. The predicted octanol–water partition coefficient (Wildman–Crippen LogP) is 1.69. The van der Waals surface area contributed by atoms with Crippen molar-refractivity contribution in [3.63, 3.8) is 0 Å². The van der Waals surface area contributed by atoms with Crippen molar-refractivity contribution in [3.05, 3.63) is 51.3 Å². The molecule has 6 nitrogen and oxygen atoms in total. The molecule has 2 aromatic rings. The number of amides is 1. The second kappa shape index (κ2) is 5.03. The Morgan fingerprint density at radius 1 is 1.21 bits per heavy atom. The first-order valence-electron chi connectivity index (χ1n) is 5.19. The molecule has 0 saturated carbocycles. The molecule has 0 unspecified atom stereocenters. The fourth-order valence-corrected chi connectivity index (χ4v) is 1.63. The molecule has 98 valence electrons. The van der Waals surface area contributed by atoms with Gasteiger partial charge in [0.05, 0.1) is 10.6 Å². The zero-order valence-corrected chi connectivity index (χ0v) is 10.2. The molecule has 7 heteroatoms. The van der Waals surface area contributed by atoms with Crippen LogP contribution in [-0.2, 0) is 0 Å². The number of anilines is 1. The molecule has 1 aromatic carbocycles. The predicted molar refractivity (Wildman–Crippen MR) is 69.8 cm³/mol. The maximum absolute atomic E-state index is 11.8. The Balaban J connectivity index is 2.25. The second-order valence-corrected chi connectivity index (χ2v) is 4.15.